The van der Waals surface area contributed by atoms with E-state index in [1.807, 2.05) is 0 Å². The van der Waals surface area contributed by atoms with Crippen molar-refractivity contribution in [3.8, 4) is 5.75 Å². The number of hydrogen-bond donors (Lipinski definition) is 0. The first-order valence-electron chi connectivity index (χ1n) is 6.31. The van der Waals surface area contributed by atoms with Crippen molar-refractivity contribution < 1.29 is 9.53 Å². The minimum Gasteiger partial charge on any atom is -0.489 e. The number of halogens is 2. The monoisotopic (exact) mass is 330 g/mol. The van der Waals surface area contributed by atoms with Gasteiger partial charge in [-0.2, -0.15) is 0 Å². The molecule has 1 aromatic carbocycles. The number of benzene rings is 1. The van der Waals surface area contributed by atoms with E-state index in [1.165, 1.54) is 12.8 Å². The Bertz CT molecular complexity index is 459. The average Bonchev–Trinajstić information content (AvgIpc) is 2.34. The molecule has 1 aromatic rings. The second-order valence-electron chi connectivity index (χ2n) is 4.60. The van der Waals surface area contributed by atoms with E-state index in [9.17, 15) is 4.79 Å². The lowest BCUT2D eigenvalue weighted by Gasteiger charge is -2.26. The van der Waals surface area contributed by atoms with Gasteiger partial charge in [0, 0.05) is 6.42 Å². The summed E-state index contributed by atoms with van der Waals surface area (Å²) in [6, 6.07) is 3.54. The predicted molar refractivity (Wildman–Crippen MR) is 76.7 cm³/mol. The third-order valence-electron chi connectivity index (χ3n) is 3.17. The zero-order valence-electron chi connectivity index (χ0n) is 10.3. The first-order valence-corrected chi connectivity index (χ1v) is 7.48. The van der Waals surface area contributed by atoms with Crippen molar-refractivity contribution in [2.75, 3.05) is 0 Å². The molecule has 1 atom stereocenters. The molecule has 1 aliphatic heterocycles. The molecule has 0 fully saturated rings. The molecule has 1 heterocycles. The smallest absolute Gasteiger partial charge is 0.171 e. The standard InChI is InChI=1S/C14H16BrClO2/c1-2-3-4-5-9-8-11(17)13-12(18-9)7-6-10(16)14(13)15/h6-7,9H,2-5,8H2,1H3. The van der Waals surface area contributed by atoms with Gasteiger partial charge in [0.25, 0.3) is 0 Å². The van der Waals surface area contributed by atoms with Gasteiger partial charge >= 0.3 is 0 Å². The van der Waals surface area contributed by atoms with E-state index in [-0.39, 0.29) is 11.9 Å². The van der Waals surface area contributed by atoms with Crippen molar-refractivity contribution in [3.05, 3.63) is 27.2 Å². The Hall–Kier alpha value is -0.540. The van der Waals surface area contributed by atoms with E-state index in [1.54, 1.807) is 12.1 Å². The number of Topliss-reactive ketones (excluding diaryl/α,β-unsaturated/α-hetero) is 1. The van der Waals surface area contributed by atoms with Gasteiger partial charge in [0.1, 0.15) is 11.9 Å². The SMILES string of the molecule is CCCCCC1CC(=O)c2c(ccc(Cl)c2Br)O1. The summed E-state index contributed by atoms with van der Waals surface area (Å²) in [5.74, 6) is 0.774. The van der Waals surface area contributed by atoms with Gasteiger partial charge in [0.15, 0.2) is 5.78 Å². The summed E-state index contributed by atoms with van der Waals surface area (Å²) in [6.45, 7) is 2.17. The van der Waals surface area contributed by atoms with Crippen LogP contribution in [0.4, 0.5) is 0 Å². The third kappa shape index (κ3) is 2.89. The lowest BCUT2D eigenvalue weighted by atomic mass is 9.97. The summed E-state index contributed by atoms with van der Waals surface area (Å²) in [7, 11) is 0. The quantitative estimate of drug-likeness (QED) is 0.724. The van der Waals surface area contributed by atoms with Crippen LogP contribution in [0.25, 0.3) is 0 Å². The maximum atomic E-state index is 12.1. The van der Waals surface area contributed by atoms with Crippen molar-refractivity contribution >= 4 is 33.3 Å². The topological polar surface area (TPSA) is 26.3 Å². The molecule has 1 unspecified atom stereocenters. The Morgan fingerprint density at radius 3 is 2.94 bits per heavy atom. The molecule has 98 valence electrons. The minimum atomic E-state index is 0.0182. The molecule has 0 spiro atoms. The number of carbonyl (C=O) groups excluding carboxylic acids is 1. The number of fused-ring (bicyclic) bond motifs is 1. The summed E-state index contributed by atoms with van der Waals surface area (Å²) in [4.78, 5) is 12.1. The fourth-order valence-electron chi connectivity index (χ4n) is 2.20. The van der Waals surface area contributed by atoms with Gasteiger partial charge < -0.3 is 4.74 Å². The normalized spacial score (nSPS) is 18.4. The number of ketones is 1. The molecule has 0 N–H and O–H groups in total. The maximum Gasteiger partial charge on any atom is 0.171 e. The molecule has 0 saturated carbocycles. The van der Waals surface area contributed by atoms with E-state index < -0.39 is 0 Å². The molecule has 0 bridgehead atoms. The number of rotatable bonds is 4. The van der Waals surface area contributed by atoms with Crippen LogP contribution >= 0.6 is 27.5 Å². The minimum absolute atomic E-state index is 0.0182. The highest BCUT2D eigenvalue weighted by Crippen LogP contribution is 2.38. The van der Waals surface area contributed by atoms with Crippen LogP contribution < -0.4 is 4.74 Å². The van der Waals surface area contributed by atoms with Crippen molar-refractivity contribution in [1.82, 2.24) is 0 Å². The lowest BCUT2D eigenvalue weighted by molar-refractivity contribution is 0.0834. The average molecular weight is 332 g/mol. The zero-order chi connectivity index (χ0) is 13.1. The van der Waals surface area contributed by atoms with Crippen LogP contribution in [0.1, 0.15) is 49.4 Å². The Kier molecular flexibility index (Phi) is 4.68. The van der Waals surface area contributed by atoms with Crippen LogP contribution in [0.5, 0.6) is 5.75 Å². The summed E-state index contributed by atoms with van der Waals surface area (Å²) in [5.41, 5.74) is 0.592. The van der Waals surface area contributed by atoms with Crippen molar-refractivity contribution in [2.45, 2.75) is 45.1 Å². The molecule has 1 aliphatic rings. The van der Waals surface area contributed by atoms with Crippen LogP contribution in [0.15, 0.2) is 16.6 Å². The van der Waals surface area contributed by atoms with Crippen LogP contribution in [0.3, 0.4) is 0 Å². The van der Waals surface area contributed by atoms with Gasteiger partial charge in [-0.25, -0.2) is 0 Å². The molecular formula is C14H16BrClO2. The molecule has 0 radical (unpaired) electrons. The maximum absolute atomic E-state index is 12.1. The lowest BCUT2D eigenvalue weighted by Crippen LogP contribution is -2.27. The van der Waals surface area contributed by atoms with Crippen LogP contribution in [0.2, 0.25) is 5.02 Å². The van der Waals surface area contributed by atoms with Gasteiger partial charge in [-0.05, 0) is 40.9 Å². The second-order valence-corrected chi connectivity index (χ2v) is 5.80. The van der Waals surface area contributed by atoms with Gasteiger partial charge in [0.05, 0.1) is 15.1 Å². The van der Waals surface area contributed by atoms with Gasteiger partial charge in [-0.1, -0.05) is 31.4 Å². The van der Waals surface area contributed by atoms with Crippen molar-refractivity contribution in [2.24, 2.45) is 0 Å². The summed E-state index contributed by atoms with van der Waals surface area (Å²) in [5, 5.41) is 0.551. The highest BCUT2D eigenvalue weighted by Gasteiger charge is 2.28. The summed E-state index contributed by atoms with van der Waals surface area (Å²) < 4.78 is 6.53. The predicted octanol–water partition coefficient (Wildman–Crippen LogP) is 5.02. The van der Waals surface area contributed by atoms with Crippen LogP contribution in [-0.2, 0) is 0 Å². The van der Waals surface area contributed by atoms with E-state index in [2.05, 4.69) is 22.9 Å². The van der Waals surface area contributed by atoms with Crippen molar-refractivity contribution in [3.63, 3.8) is 0 Å². The molecular weight excluding hydrogens is 316 g/mol. The molecule has 0 saturated heterocycles. The first kappa shape index (κ1) is 13.9. The first-order chi connectivity index (χ1) is 8.63. The molecule has 0 aromatic heterocycles. The second kappa shape index (κ2) is 6.07. The van der Waals surface area contributed by atoms with Gasteiger partial charge in [-0.15, -0.1) is 0 Å². The van der Waals surface area contributed by atoms with Crippen molar-refractivity contribution in [1.29, 1.82) is 0 Å². The van der Waals surface area contributed by atoms with E-state index in [0.29, 0.717) is 27.2 Å². The Morgan fingerprint density at radius 1 is 1.44 bits per heavy atom. The molecule has 0 aliphatic carbocycles. The number of ether oxygens (including phenoxy) is 1. The zero-order valence-corrected chi connectivity index (χ0v) is 12.7. The molecule has 4 heteroatoms. The third-order valence-corrected chi connectivity index (χ3v) is 4.54. The van der Waals surface area contributed by atoms with E-state index >= 15 is 0 Å². The van der Waals surface area contributed by atoms with Crippen LogP contribution in [-0.4, -0.2) is 11.9 Å². The van der Waals surface area contributed by atoms with Gasteiger partial charge in [0.2, 0.25) is 0 Å². The largest absolute Gasteiger partial charge is 0.489 e. The molecule has 2 rings (SSSR count). The fraction of sp³-hybridized carbons (Fsp3) is 0.500. The Morgan fingerprint density at radius 2 is 2.22 bits per heavy atom. The number of carbonyl (C=O) groups is 1. The summed E-state index contributed by atoms with van der Waals surface area (Å²) >= 11 is 9.35. The van der Waals surface area contributed by atoms with Crippen LogP contribution in [0, 0.1) is 0 Å². The molecule has 2 nitrogen and oxygen atoms in total. The highest BCUT2D eigenvalue weighted by atomic mass is 79.9. The number of hydrogen-bond acceptors (Lipinski definition) is 2. The van der Waals surface area contributed by atoms with E-state index in [0.717, 1.165) is 12.8 Å². The Labute approximate surface area is 121 Å². The van der Waals surface area contributed by atoms with Gasteiger partial charge in [-0.3, -0.25) is 4.79 Å². The number of unbranched alkanes of at least 4 members (excludes halogenated alkanes) is 2. The fourth-order valence-corrected chi connectivity index (χ4v) is 2.91. The Balaban J connectivity index is 2.15. The van der Waals surface area contributed by atoms with E-state index in [4.69, 9.17) is 16.3 Å². The summed E-state index contributed by atoms with van der Waals surface area (Å²) in [6.07, 6.45) is 4.89. The highest BCUT2D eigenvalue weighted by molar-refractivity contribution is 9.10. The molecule has 0 amide bonds. The molecule has 18 heavy (non-hydrogen) atoms.